The molecule has 0 saturated carbocycles. The van der Waals surface area contributed by atoms with Gasteiger partial charge in [0.25, 0.3) is 5.89 Å². The van der Waals surface area contributed by atoms with E-state index in [0.29, 0.717) is 26.9 Å². The van der Waals surface area contributed by atoms with Crippen molar-refractivity contribution in [2.75, 3.05) is 4.90 Å². The molecule has 4 aromatic rings. The highest BCUT2D eigenvalue weighted by molar-refractivity contribution is 7.80. The molecular weight excluding hydrogens is 475 g/mol. The van der Waals surface area contributed by atoms with Crippen LogP contribution in [0.15, 0.2) is 89.1 Å². The summed E-state index contributed by atoms with van der Waals surface area (Å²) in [4.78, 5) is 6.65. The van der Waals surface area contributed by atoms with Gasteiger partial charge in [-0.3, -0.25) is 4.90 Å². The molecule has 1 aliphatic heterocycles. The lowest BCUT2D eigenvalue weighted by molar-refractivity contribution is 0.404. The lowest BCUT2D eigenvalue weighted by atomic mass is 9.94. The molecule has 3 aromatic carbocycles. The van der Waals surface area contributed by atoms with Gasteiger partial charge in [0, 0.05) is 27.0 Å². The molecule has 0 radical (unpaired) electrons. The molecule has 5 rings (SSSR count). The number of anilines is 1. The summed E-state index contributed by atoms with van der Waals surface area (Å²) in [6.45, 7) is 1.98. The molecule has 0 saturated heterocycles. The zero-order valence-electron chi connectivity index (χ0n) is 17.5. The number of aromatic nitrogens is 2. The van der Waals surface area contributed by atoms with Gasteiger partial charge in [0.15, 0.2) is 5.11 Å². The molecule has 2 heterocycles. The Morgan fingerprint density at radius 3 is 2.42 bits per heavy atom. The van der Waals surface area contributed by atoms with Gasteiger partial charge >= 0.3 is 0 Å². The second kappa shape index (κ2) is 8.98. The molecule has 0 amide bonds. The van der Waals surface area contributed by atoms with E-state index in [1.54, 1.807) is 0 Å². The predicted molar refractivity (Wildman–Crippen MR) is 136 cm³/mol. The number of thiocarbonyl (C=S) groups is 1. The van der Waals surface area contributed by atoms with Gasteiger partial charge in [-0.2, -0.15) is 4.98 Å². The Morgan fingerprint density at radius 1 is 0.939 bits per heavy atom. The number of allylic oxidation sites excluding steroid dienone is 1. The second-order valence-electron chi connectivity index (χ2n) is 7.54. The fourth-order valence-electron chi connectivity index (χ4n) is 3.89. The molecule has 1 atom stereocenters. The molecular formula is C25H18Cl2N4OS. The Bertz CT molecular complexity index is 1350. The number of nitrogens with one attached hydrogen (secondary N) is 1. The summed E-state index contributed by atoms with van der Waals surface area (Å²) in [5.41, 5.74) is 4.37. The smallest absolute Gasteiger partial charge is 0.258 e. The molecule has 8 heteroatoms. The molecule has 33 heavy (non-hydrogen) atoms. The first kappa shape index (κ1) is 21.6. The Morgan fingerprint density at radius 2 is 1.70 bits per heavy atom. The molecule has 5 nitrogen and oxygen atoms in total. The van der Waals surface area contributed by atoms with Crippen molar-refractivity contribution in [1.82, 2.24) is 15.5 Å². The Kier molecular flexibility index (Phi) is 5.89. The summed E-state index contributed by atoms with van der Waals surface area (Å²) < 4.78 is 5.77. The summed E-state index contributed by atoms with van der Waals surface area (Å²) >= 11 is 18.2. The van der Waals surface area contributed by atoms with Gasteiger partial charge in [0.1, 0.15) is 0 Å². The maximum atomic E-state index is 6.26. The standard InChI is InChI=1S/C25H18Cl2N4OS/c1-15-21(24-29-23(30-32-24)17-6-3-2-4-7-17)22(16-10-12-18(26)13-11-16)28-25(33)31(15)20-9-5-8-19(27)14-20/h2-14,22H,1H3,(H,28,33). The lowest BCUT2D eigenvalue weighted by Crippen LogP contribution is -2.46. The molecule has 1 aliphatic rings. The minimum atomic E-state index is -0.297. The largest absolute Gasteiger partial charge is 0.351 e. The Labute approximate surface area is 206 Å². The van der Waals surface area contributed by atoms with Gasteiger partial charge < -0.3 is 9.84 Å². The molecule has 164 valence electrons. The first-order valence-corrected chi connectivity index (χ1v) is 11.4. The van der Waals surface area contributed by atoms with E-state index < -0.39 is 0 Å². The van der Waals surface area contributed by atoms with Crippen LogP contribution in [0.5, 0.6) is 0 Å². The van der Waals surface area contributed by atoms with Crippen molar-refractivity contribution < 1.29 is 4.52 Å². The number of hydrogen-bond donors (Lipinski definition) is 1. The first-order valence-electron chi connectivity index (χ1n) is 10.2. The third-order valence-electron chi connectivity index (χ3n) is 5.44. The van der Waals surface area contributed by atoms with Gasteiger partial charge in [0.2, 0.25) is 5.82 Å². The number of benzene rings is 3. The second-order valence-corrected chi connectivity index (χ2v) is 8.80. The molecule has 0 aliphatic carbocycles. The fraction of sp³-hybridized carbons (Fsp3) is 0.0800. The van der Waals surface area contributed by atoms with Crippen LogP contribution < -0.4 is 10.2 Å². The number of rotatable bonds is 4. The van der Waals surface area contributed by atoms with Crippen LogP contribution in [0.4, 0.5) is 5.69 Å². The maximum Gasteiger partial charge on any atom is 0.258 e. The maximum absolute atomic E-state index is 6.26. The molecule has 1 N–H and O–H groups in total. The lowest BCUT2D eigenvalue weighted by Gasteiger charge is -2.37. The predicted octanol–water partition coefficient (Wildman–Crippen LogP) is 6.91. The minimum Gasteiger partial charge on any atom is -0.351 e. The van der Waals surface area contributed by atoms with E-state index in [0.717, 1.165) is 28.1 Å². The third kappa shape index (κ3) is 4.25. The monoisotopic (exact) mass is 492 g/mol. The van der Waals surface area contributed by atoms with Crippen molar-refractivity contribution in [2.45, 2.75) is 13.0 Å². The third-order valence-corrected chi connectivity index (χ3v) is 6.23. The van der Waals surface area contributed by atoms with Crippen LogP contribution in [-0.2, 0) is 0 Å². The van der Waals surface area contributed by atoms with Crippen molar-refractivity contribution in [3.8, 4) is 11.4 Å². The van der Waals surface area contributed by atoms with Gasteiger partial charge in [-0.25, -0.2) is 0 Å². The Hall–Kier alpha value is -3.19. The van der Waals surface area contributed by atoms with Gasteiger partial charge in [-0.1, -0.05) is 76.9 Å². The molecule has 0 bridgehead atoms. The molecule has 0 fully saturated rings. The average molecular weight is 493 g/mol. The van der Waals surface area contributed by atoms with Gasteiger partial charge in [-0.15, -0.1) is 0 Å². The van der Waals surface area contributed by atoms with Crippen molar-refractivity contribution in [2.24, 2.45) is 0 Å². The number of nitrogens with zero attached hydrogens (tertiary/aromatic N) is 3. The average Bonchev–Trinajstić information content (AvgIpc) is 3.30. The SMILES string of the molecule is CC1=C(c2nc(-c3ccccc3)no2)C(c2ccc(Cl)cc2)NC(=S)N1c1cccc(Cl)c1. The van der Waals surface area contributed by atoms with Crippen LogP contribution in [0.2, 0.25) is 10.0 Å². The van der Waals surface area contributed by atoms with Crippen LogP contribution in [0.3, 0.4) is 0 Å². The van der Waals surface area contributed by atoms with E-state index >= 15 is 0 Å². The highest BCUT2D eigenvalue weighted by Crippen LogP contribution is 2.39. The fourth-order valence-corrected chi connectivity index (χ4v) is 4.56. The highest BCUT2D eigenvalue weighted by atomic mass is 35.5. The topological polar surface area (TPSA) is 54.2 Å². The van der Waals surface area contributed by atoms with Crippen LogP contribution in [0.1, 0.15) is 24.4 Å². The Balaban J connectivity index is 1.66. The van der Waals surface area contributed by atoms with E-state index in [4.69, 9.17) is 44.9 Å². The quantitative estimate of drug-likeness (QED) is 0.312. The summed E-state index contributed by atoms with van der Waals surface area (Å²) in [7, 11) is 0. The first-order chi connectivity index (χ1) is 16.0. The summed E-state index contributed by atoms with van der Waals surface area (Å²) in [5, 5.41) is 9.48. The zero-order valence-corrected chi connectivity index (χ0v) is 19.8. The molecule has 1 unspecified atom stereocenters. The van der Waals surface area contributed by atoms with Crippen molar-refractivity contribution in [3.05, 3.63) is 106 Å². The van der Waals surface area contributed by atoms with E-state index in [1.165, 1.54) is 0 Å². The van der Waals surface area contributed by atoms with Crippen molar-refractivity contribution >= 4 is 51.8 Å². The van der Waals surface area contributed by atoms with Crippen molar-refractivity contribution in [1.29, 1.82) is 0 Å². The van der Waals surface area contributed by atoms with Crippen LogP contribution in [0.25, 0.3) is 17.0 Å². The van der Waals surface area contributed by atoms with Crippen LogP contribution in [0, 0.1) is 0 Å². The highest BCUT2D eigenvalue weighted by Gasteiger charge is 2.34. The van der Waals surface area contributed by atoms with Crippen LogP contribution >= 0.6 is 35.4 Å². The minimum absolute atomic E-state index is 0.297. The normalized spacial score (nSPS) is 16.2. The number of halogens is 2. The van der Waals surface area contributed by atoms with Crippen LogP contribution in [-0.4, -0.2) is 15.3 Å². The van der Waals surface area contributed by atoms with E-state index in [-0.39, 0.29) is 6.04 Å². The van der Waals surface area contributed by atoms with Gasteiger partial charge in [0.05, 0.1) is 11.6 Å². The molecule has 0 spiro atoms. The van der Waals surface area contributed by atoms with E-state index in [1.807, 2.05) is 90.7 Å². The molecule has 1 aromatic heterocycles. The summed E-state index contributed by atoms with van der Waals surface area (Å²) in [6.07, 6.45) is 0. The number of hydrogen-bond acceptors (Lipinski definition) is 4. The van der Waals surface area contributed by atoms with E-state index in [2.05, 4.69) is 10.5 Å². The zero-order chi connectivity index (χ0) is 22.9. The van der Waals surface area contributed by atoms with Gasteiger partial charge in [-0.05, 0) is 55.0 Å². The van der Waals surface area contributed by atoms with E-state index in [9.17, 15) is 0 Å². The summed E-state index contributed by atoms with van der Waals surface area (Å²) in [6, 6.07) is 24.6. The van der Waals surface area contributed by atoms with Crippen molar-refractivity contribution in [3.63, 3.8) is 0 Å². The summed E-state index contributed by atoms with van der Waals surface area (Å²) in [5.74, 6) is 0.927.